The Bertz CT molecular complexity index is 1450. The lowest BCUT2D eigenvalue weighted by atomic mass is 9.96. The number of nitrogens with zero attached hydrogens (tertiary/aromatic N) is 1. The first-order valence-electron chi connectivity index (χ1n) is 11.8. The summed E-state index contributed by atoms with van der Waals surface area (Å²) in [4.78, 5) is 12.1. The van der Waals surface area contributed by atoms with Gasteiger partial charge in [0, 0.05) is 36.4 Å². The fraction of sp³-hybridized carbons (Fsp3) is 0.231. The van der Waals surface area contributed by atoms with Crippen LogP contribution >= 0.6 is 11.6 Å². The SMILES string of the molecule is O=C(NCCNc1ccc(-c2cn[nH]c2C2=CCC(F)C=C2)cc1C(F)(F)F)Nc1ccc(Cl)c(C(F)(F)F)c1. The van der Waals surface area contributed by atoms with E-state index in [1.54, 1.807) is 6.08 Å². The molecule has 1 aliphatic carbocycles. The van der Waals surface area contributed by atoms with Crippen LogP contribution in [-0.2, 0) is 12.4 Å². The van der Waals surface area contributed by atoms with E-state index in [9.17, 15) is 35.5 Å². The third kappa shape index (κ3) is 6.95. The number of hydrogen-bond acceptors (Lipinski definition) is 3. The number of rotatable bonds is 7. The number of hydrogen-bond donors (Lipinski definition) is 4. The highest BCUT2D eigenvalue weighted by molar-refractivity contribution is 6.31. The zero-order chi connectivity index (χ0) is 29.1. The lowest BCUT2D eigenvalue weighted by Gasteiger charge is -2.17. The van der Waals surface area contributed by atoms with Crippen LogP contribution in [0.15, 0.2) is 60.8 Å². The second-order valence-electron chi connectivity index (χ2n) is 8.69. The zero-order valence-electron chi connectivity index (χ0n) is 20.4. The predicted molar refractivity (Wildman–Crippen MR) is 138 cm³/mol. The number of carbonyl (C=O) groups excluding carboxylic acids is 1. The molecule has 0 fully saturated rings. The van der Waals surface area contributed by atoms with Crippen molar-refractivity contribution in [1.82, 2.24) is 15.5 Å². The highest BCUT2D eigenvalue weighted by atomic mass is 35.5. The van der Waals surface area contributed by atoms with Gasteiger partial charge in [-0.05, 0) is 47.5 Å². The van der Waals surface area contributed by atoms with Crippen LogP contribution in [0.5, 0.6) is 0 Å². The molecule has 1 heterocycles. The van der Waals surface area contributed by atoms with Gasteiger partial charge in [0.25, 0.3) is 0 Å². The summed E-state index contributed by atoms with van der Waals surface area (Å²) >= 11 is 5.55. The van der Waals surface area contributed by atoms with Crippen LogP contribution < -0.4 is 16.0 Å². The average molecular weight is 588 g/mol. The van der Waals surface area contributed by atoms with Crippen LogP contribution in [0.1, 0.15) is 23.2 Å². The van der Waals surface area contributed by atoms with Gasteiger partial charge in [0.2, 0.25) is 0 Å². The number of allylic oxidation sites excluding steroid dienone is 4. The number of aromatic nitrogens is 2. The molecular weight excluding hydrogens is 567 g/mol. The fourth-order valence-corrected chi connectivity index (χ4v) is 4.20. The highest BCUT2D eigenvalue weighted by Gasteiger charge is 2.35. The van der Waals surface area contributed by atoms with Gasteiger partial charge in [-0.2, -0.15) is 31.4 Å². The molecule has 0 spiro atoms. The van der Waals surface area contributed by atoms with Crippen molar-refractivity contribution in [1.29, 1.82) is 0 Å². The molecule has 0 radical (unpaired) electrons. The molecule has 6 nitrogen and oxygen atoms in total. The zero-order valence-corrected chi connectivity index (χ0v) is 21.1. The Hall–Kier alpha value is -4.00. The Morgan fingerprint density at radius 1 is 1.02 bits per heavy atom. The normalized spacial score (nSPS) is 15.5. The number of urea groups is 1. The lowest BCUT2D eigenvalue weighted by molar-refractivity contribution is -0.138. The Balaban J connectivity index is 1.41. The largest absolute Gasteiger partial charge is 0.418 e. The van der Waals surface area contributed by atoms with E-state index >= 15 is 0 Å². The number of H-pyrrole nitrogens is 1. The summed E-state index contributed by atoms with van der Waals surface area (Å²) in [7, 11) is 0. The van der Waals surface area contributed by atoms with Crippen molar-refractivity contribution in [3.63, 3.8) is 0 Å². The number of halogens is 8. The molecule has 1 unspecified atom stereocenters. The van der Waals surface area contributed by atoms with Crippen LogP contribution in [-0.4, -0.2) is 35.5 Å². The molecule has 0 saturated heterocycles. The maximum atomic E-state index is 13.9. The van der Waals surface area contributed by atoms with E-state index in [4.69, 9.17) is 11.6 Å². The molecule has 14 heteroatoms. The number of carbonyl (C=O) groups is 1. The van der Waals surface area contributed by atoms with Gasteiger partial charge in [0.15, 0.2) is 0 Å². The van der Waals surface area contributed by atoms with E-state index in [0.29, 0.717) is 22.9 Å². The molecule has 212 valence electrons. The first kappa shape index (κ1) is 29.0. The summed E-state index contributed by atoms with van der Waals surface area (Å²) < 4.78 is 94.1. The number of amides is 2. The van der Waals surface area contributed by atoms with Gasteiger partial charge < -0.3 is 16.0 Å². The van der Waals surface area contributed by atoms with Gasteiger partial charge >= 0.3 is 18.4 Å². The summed E-state index contributed by atoms with van der Waals surface area (Å²) in [5.41, 5.74) is -0.798. The second-order valence-corrected chi connectivity index (χ2v) is 9.09. The highest BCUT2D eigenvalue weighted by Crippen LogP contribution is 2.39. The molecule has 4 rings (SSSR count). The quantitative estimate of drug-likeness (QED) is 0.169. The third-order valence-electron chi connectivity index (χ3n) is 5.87. The minimum Gasteiger partial charge on any atom is -0.383 e. The molecule has 1 atom stereocenters. The molecule has 2 amide bonds. The fourth-order valence-electron chi connectivity index (χ4n) is 3.97. The molecular formula is C26H21ClF7N5O. The van der Waals surface area contributed by atoms with Crippen molar-refractivity contribution in [2.24, 2.45) is 0 Å². The van der Waals surface area contributed by atoms with Crippen LogP contribution in [0.25, 0.3) is 16.7 Å². The molecule has 3 aromatic rings. The number of aromatic amines is 1. The number of anilines is 2. The summed E-state index contributed by atoms with van der Waals surface area (Å²) in [6.45, 7) is -0.268. The average Bonchev–Trinajstić information content (AvgIpc) is 3.37. The summed E-state index contributed by atoms with van der Waals surface area (Å²) in [5.74, 6) is 0. The number of alkyl halides is 7. The second kappa shape index (κ2) is 11.6. The topological polar surface area (TPSA) is 81.8 Å². The third-order valence-corrected chi connectivity index (χ3v) is 6.20. The molecule has 0 aliphatic heterocycles. The molecule has 4 N–H and O–H groups in total. The van der Waals surface area contributed by atoms with Crippen molar-refractivity contribution in [2.75, 3.05) is 23.7 Å². The minimum absolute atomic E-state index is 0.122. The molecule has 0 saturated carbocycles. The minimum atomic E-state index is -4.72. The van der Waals surface area contributed by atoms with E-state index < -0.39 is 40.7 Å². The summed E-state index contributed by atoms with van der Waals surface area (Å²) in [5, 5.41) is 13.3. The maximum absolute atomic E-state index is 13.9. The van der Waals surface area contributed by atoms with Gasteiger partial charge in [-0.1, -0.05) is 29.8 Å². The van der Waals surface area contributed by atoms with Crippen molar-refractivity contribution >= 4 is 34.6 Å². The van der Waals surface area contributed by atoms with Crippen LogP contribution in [0.3, 0.4) is 0 Å². The van der Waals surface area contributed by atoms with Crippen LogP contribution in [0.2, 0.25) is 5.02 Å². The van der Waals surface area contributed by atoms with Crippen molar-refractivity contribution in [3.8, 4) is 11.1 Å². The van der Waals surface area contributed by atoms with Gasteiger partial charge in [-0.15, -0.1) is 0 Å². The van der Waals surface area contributed by atoms with Gasteiger partial charge in [0.05, 0.1) is 28.0 Å². The molecule has 1 aliphatic rings. The van der Waals surface area contributed by atoms with Crippen molar-refractivity contribution in [3.05, 3.63) is 82.7 Å². The van der Waals surface area contributed by atoms with E-state index in [2.05, 4.69) is 26.1 Å². The summed E-state index contributed by atoms with van der Waals surface area (Å²) in [6.07, 6.45) is -4.51. The van der Waals surface area contributed by atoms with Crippen molar-refractivity contribution < 1.29 is 35.5 Å². The van der Waals surface area contributed by atoms with Gasteiger partial charge in [-0.25, -0.2) is 9.18 Å². The molecule has 0 bridgehead atoms. The standard InChI is InChI=1S/C26H21ClF7N5O/c27-21-7-6-17(12-19(21)25(29,30)31)38-24(40)36-10-9-35-22-8-3-15(11-20(22)26(32,33)34)18-13-37-39-23(18)14-1-4-16(28)5-2-14/h1-4,6-8,11-13,16,35H,5,9-10H2,(H,37,39)(H2,36,38,40). The monoisotopic (exact) mass is 587 g/mol. The van der Waals surface area contributed by atoms with E-state index in [1.165, 1.54) is 36.5 Å². The first-order chi connectivity index (χ1) is 18.8. The molecule has 2 aromatic carbocycles. The smallest absolute Gasteiger partial charge is 0.383 e. The van der Waals surface area contributed by atoms with Crippen LogP contribution in [0, 0.1) is 0 Å². The Morgan fingerprint density at radius 2 is 1.77 bits per heavy atom. The van der Waals surface area contributed by atoms with Crippen molar-refractivity contribution in [2.45, 2.75) is 24.9 Å². The van der Waals surface area contributed by atoms with Gasteiger partial charge in [-0.3, -0.25) is 5.10 Å². The Morgan fingerprint density at radius 3 is 2.45 bits per heavy atom. The lowest BCUT2D eigenvalue weighted by Crippen LogP contribution is -2.33. The number of nitrogens with one attached hydrogen (secondary N) is 4. The Kier molecular flexibility index (Phi) is 8.43. The molecule has 40 heavy (non-hydrogen) atoms. The van der Waals surface area contributed by atoms with E-state index in [0.717, 1.165) is 12.1 Å². The Labute approximate surface area is 228 Å². The summed E-state index contributed by atoms with van der Waals surface area (Å²) in [6, 6.07) is 5.64. The maximum Gasteiger partial charge on any atom is 0.418 e. The van der Waals surface area contributed by atoms with Crippen LogP contribution in [0.4, 0.5) is 46.9 Å². The number of benzene rings is 2. The first-order valence-corrected chi connectivity index (χ1v) is 12.1. The van der Waals surface area contributed by atoms with E-state index in [-0.39, 0.29) is 36.4 Å². The molecule has 1 aromatic heterocycles. The van der Waals surface area contributed by atoms with Gasteiger partial charge in [0.1, 0.15) is 6.17 Å². The van der Waals surface area contributed by atoms with E-state index in [1.807, 2.05) is 0 Å². The predicted octanol–water partition coefficient (Wildman–Crippen LogP) is 7.68.